The monoisotopic (exact) mass is 933 g/mol. The second-order valence-corrected chi connectivity index (χ2v) is 21.6. The highest BCUT2D eigenvalue weighted by Crippen LogP contribution is 2.19. The van der Waals surface area contributed by atoms with Crippen LogP contribution >= 0.6 is 0 Å². The number of unbranched alkanes of at least 4 members (excludes halogenated alkanes) is 34. The van der Waals surface area contributed by atoms with Gasteiger partial charge in [-0.3, -0.25) is 14.4 Å². The molecule has 0 saturated carbocycles. The molecular weight excluding hydrogens is 817 g/mol. The van der Waals surface area contributed by atoms with Crippen molar-refractivity contribution in [1.82, 2.24) is 0 Å². The molecule has 0 radical (unpaired) electrons. The van der Waals surface area contributed by atoms with Gasteiger partial charge in [0.2, 0.25) is 0 Å². The van der Waals surface area contributed by atoms with Crippen LogP contribution in [0.15, 0.2) is 0 Å². The van der Waals surface area contributed by atoms with E-state index in [1.165, 1.54) is 212 Å². The lowest BCUT2D eigenvalue weighted by molar-refractivity contribution is -0.167. The molecule has 0 N–H and O–H groups in total. The first-order valence-electron chi connectivity index (χ1n) is 29.7. The van der Waals surface area contributed by atoms with Crippen molar-refractivity contribution in [3.05, 3.63) is 0 Å². The Morgan fingerprint density at radius 2 is 0.530 bits per heavy atom. The van der Waals surface area contributed by atoms with Gasteiger partial charge in [0.1, 0.15) is 13.2 Å². The van der Waals surface area contributed by atoms with E-state index in [0.29, 0.717) is 19.3 Å². The molecule has 0 fully saturated rings. The zero-order valence-corrected chi connectivity index (χ0v) is 45.5. The van der Waals surface area contributed by atoms with Gasteiger partial charge < -0.3 is 14.2 Å². The minimum absolute atomic E-state index is 0.0639. The van der Waals surface area contributed by atoms with Crippen LogP contribution < -0.4 is 0 Å². The van der Waals surface area contributed by atoms with Gasteiger partial charge in [0, 0.05) is 19.3 Å². The fraction of sp³-hybridized carbons (Fsp3) is 0.950. The fourth-order valence-corrected chi connectivity index (χ4v) is 9.11. The topological polar surface area (TPSA) is 78.9 Å². The molecule has 0 aromatic rings. The van der Waals surface area contributed by atoms with E-state index in [-0.39, 0.29) is 31.1 Å². The van der Waals surface area contributed by atoms with Crippen LogP contribution in [0.25, 0.3) is 0 Å². The zero-order chi connectivity index (χ0) is 48.4. The van der Waals surface area contributed by atoms with Gasteiger partial charge in [-0.1, -0.05) is 292 Å². The van der Waals surface area contributed by atoms with E-state index in [1.54, 1.807) is 0 Å². The lowest BCUT2D eigenvalue weighted by Gasteiger charge is -2.18. The summed E-state index contributed by atoms with van der Waals surface area (Å²) in [6, 6.07) is 0. The Balaban J connectivity index is 4.22. The van der Waals surface area contributed by atoms with Crippen molar-refractivity contribution in [2.24, 2.45) is 17.8 Å². The molecule has 0 aliphatic carbocycles. The molecule has 0 heterocycles. The summed E-state index contributed by atoms with van der Waals surface area (Å²) in [4.78, 5) is 38.1. The van der Waals surface area contributed by atoms with Gasteiger partial charge in [-0.2, -0.15) is 0 Å². The summed E-state index contributed by atoms with van der Waals surface area (Å²) in [5.74, 6) is 1.74. The van der Waals surface area contributed by atoms with Crippen LogP contribution in [0, 0.1) is 17.8 Å². The summed E-state index contributed by atoms with van der Waals surface area (Å²) in [6.45, 7) is 13.8. The summed E-state index contributed by atoms with van der Waals surface area (Å²) >= 11 is 0. The highest BCUT2D eigenvalue weighted by Gasteiger charge is 2.19. The number of esters is 3. The van der Waals surface area contributed by atoms with Crippen molar-refractivity contribution in [2.75, 3.05) is 13.2 Å². The average molecular weight is 934 g/mol. The first-order chi connectivity index (χ1) is 32.2. The Morgan fingerprint density at radius 1 is 0.303 bits per heavy atom. The molecule has 0 rings (SSSR count). The molecule has 392 valence electrons. The minimum Gasteiger partial charge on any atom is -0.462 e. The van der Waals surface area contributed by atoms with Crippen molar-refractivity contribution in [1.29, 1.82) is 0 Å². The predicted octanol–water partition coefficient (Wildman–Crippen LogP) is 19.5. The highest BCUT2D eigenvalue weighted by atomic mass is 16.6. The first-order valence-corrected chi connectivity index (χ1v) is 29.7. The lowest BCUT2D eigenvalue weighted by Crippen LogP contribution is -2.30. The van der Waals surface area contributed by atoms with Gasteiger partial charge in [0.25, 0.3) is 0 Å². The number of carbonyl (C=O) groups is 3. The van der Waals surface area contributed by atoms with E-state index in [4.69, 9.17) is 14.2 Å². The summed E-state index contributed by atoms with van der Waals surface area (Å²) < 4.78 is 16.9. The largest absolute Gasteiger partial charge is 0.462 e. The molecule has 6 nitrogen and oxygen atoms in total. The van der Waals surface area contributed by atoms with Gasteiger partial charge in [0.05, 0.1) is 0 Å². The quantitative estimate of drug-likeness (QED) is 0.0343. The smallest absolute Gasteiger partial charge is 0.306 e. The Kier molecular flexibility index (Phi) is 50.0. The van der Waals surface area contributed by atoms with Crippen molar-refractivity contribution >= 4 is 17.9 Å². The molecule has 3 atom stereocenters. The van der Waals surface area contributed by atoms with Gasteiger partial charge in [-0.05, 0) is 37.0 Å². The minimum atomic E-state index is -0.764. The molecule has 2 unspecified atom stereocenters. The van der Waals surface area contributed by atoms with Crippen LogP contribution in [-0.4, -0.2) is 37.2 Å². The SMILES string of the molecule is CCC(C)CCCCCCCCCCCCCCCCCCCCC(=O)OC[C@H](COC(=O)CCCCCCCCCCCCC(C)CC)OC(=O)CCCCCCCCCCCC(C)C. The van der Waals surface area contributed by atoms with E-state index in [9.17, 15) is 14.4 Å². The Morgan fingerprint density at radius 3 is 0.788 bits per heavy atom. The molecule has 0 aliphatic rings. The van der Waals surface area contributed by atoms with Crippen molar-refractivity contribution in [3.63, 3.8) is 0 Å². The molecule has 0 aromatic heterocycles. The molecule has 0 saturated heterocycles. The first kappa shape index (κ1) is 64.4. The third kappa shape index (κ3) is 50.3. The third-order valence-corrected chi connectivity index (χ3v) is 14.4. The fourth-order valence-electron chi connectivity index (χ4n) is 9.11. The van der Waals surface area contributed by atoms with Gasteiger partial charge in [-0.25, -0.2) is 0 Å². The average Bonchev–Trinajstić information content (AvgIpc) is 3.30. The van der Waals surface area contributed by atoms with Crippen molar-refractivity contribution in [2.45, 2.75) is 337 Å². The third-order valence-electron chi connectivity index (χ3n) is 14.4. The summed E-state index contributed by atoms with van der Waals surface area (Å²) in [5.41, 5.74) is 0. The Hall–Kier alpha value is -1.59. The Labute approximate surface area is 412 Å². The van der Waals surface area contributed by atoms with Crippen LogP contribution in [0.3, 0.4) is 0 Å². The second kappa shape index (κ2) is 51.3. The Bertz CT molecular complexity index is 1030. The summed E-state index contributed by atoms with van der Waals surface area (Å²) in [6.07, 6.45) is 53.8. The van der Waals surface area contributed by atoms with Crippen LogP contribution in [0.1, 0.15) is 330 Å². The second-order valence-electron chi connectivity index (χ2n) is 21.6. The number of rotatable bonds is 53. The number of ether oxygens (including phenoxy) is 3. The molecule has 66 heavy (non-hydrogen) atoms. The van der Waals surface area contributed by atoms with Gasteiger partial charge in [0.15, 0.2) is 6.10 Å². The van der Waals surface area contributed by atoms with Crippen LogP contribution in [-0.2, 0) is 28.6 Å². The molecular formula is C60H116O6. The van der Waals surface area contributed by atoms with E-state index in [2.05, 4.69) is 41.5 Å². The van der Waals surface area contributed by atoms with E-state index in [1.807, 2.05) is 0 Å². The molecule has 0 amide bonds. The predicted molar refractivity (Wildman–Crippen MR) is 284 cm³/mol. The zero-order valence-electron chi connectivity index (χ0n) is 45.5. The maximum absolute atomic E-state index is 12.8. The number of hydrogen-bond donors (Lipinski definition) is 0. The molecule has 0 spiro atoms. The molecule has 0 aromatic carbocycles. The molecule has 6 heteroatoms. The van der Waals surface area contributed by atoms with Crippen LogP contribution in [0.5, 0.6) is 0 Å². The summed E-state index contributed by atoms with van der Waals surface area (Å²) in [5, 5.41) is 0. The standard InChI is InChI=1S/C60H116O6/c1-7-55(5)47-41-35-29-23-17-15-13-11-9-10-12-14-16-18-25-31-37-43-49-58(61)64-52-57(66-60(63)51-45-39-33-27-21-22-28-34-40-46-54(3)4)53-65-59(62)50-44-38-32-26-20-19-24-30-36-42-48-56(6)8-2/h54-57H,7-53H2,1-6H3/t55?,56?,57-/m1/s1. The maximum atomic E-state index is 12.8. The van der Waals surface area contributed by atoms with Crippen molar-refractivity contribution in [3.8, 4) is 0 Å². The van der Waals surface area contributed by atoms with E-state index >= 15 is 0 Å². The number of hydrogen-bond acceptors (Lipinski definition) is 6. The van der Waals surface area contributed by atoms with E-state index < -0.39 is 6.10 Å². The normalized spacial score (nSPS) is 13.0. The lowest BCUT2D eigenvalue weighted by atomic mass is 9.99. The maximum Gasteiger partial charge on any atom is 0.306 e. The number of carbonyl (C=O) groups excluding carboxylic acids is 3. The van der Waals surface area contributed by atoms with Gasteiger partial charge in [-0.15, -0.1) is 0 Å². The molecule has 0 bridgehead atoms. The molecule has 0 aliphatic heterocycles. The van der Waals surface area contributed by atoms with Crippen LogP contribution in [0.2, 0.25) is 0 Å². The van der Waals surface area contributed by atoms with Crippen LogP contribution in [0.4, 0.5) is 0 Å². The highest BCUT2D eigenvalue weighted by molar-refractivity contribution is 5.71. The summed E-state index contributed by atoms with van der Waals surface area (Å²) in [7, 11) is 0. The van der Waals surface area contributed by atoms with Gasteiger partial charge >= 0.3 is 17.9 Å². The van der Waals surface area contributed by atoms with E-state index in [0.717, 1.165) is 75.5 Å². The van der Waals surface area contributed by atoms with Crippen molar-refractivity contribution < 1.29 is 28.6 Å².